The van der Waals surface area contributed by atoms with Crippen molar-refractivity contribution in [2.45, 2.75) is 13.8 Å². The SMILES string of the molecule is Cc1ccc(F)cc1NC(=O)c1cc(N)cc(C)c1F. The third kappa shape index (κ3) is 2.77. The molecule has 104 valence electrons. The van der Waals surface area contributed by atoms with E-state index in [1.807, 2.05) is 0 Å². The number of amides is 1. The molecule has 2 aromatic rings. The van der Waals surface area contributed by atoms with E-state index >= 15 is 0 Å². The molecular formula is C15H14F2N2O. The van der Waals surface area contributed by atoms with Crippen LogP contribution in [0.2, 0.25) is 0 Å². The number of aryl methyl sites for hydroxylation is 2. The summed E-state index contributed by atoms with van der Waals surface area (Å²) >= 11 is 0. The van der Waals surface area contributed by atoms with Crippen LogP contribution in [0.4, 0.5) is 20.2 Å². The molecule has 1 amide bonds. The van der Waals surface area contributed by atoms with Crippen molar-refractivity contribution in [2.24, 2.45) is 0 Å². The Balaban J connectivity index is 2.35. The number of benzene rings is 2. The van der Waals surface area contributed by atoms with Crippen molar-refractivity contribution in [1.29, 1.82) is 0 Å². The van der Waals surface area contributed by atoms with Crippen molar-refractivity contribution < 1.29 is 13.6 Å². The molecule has 0 saturated carbocycles. The average Bonchev–Trinajstić information content (AvgIpc) is 2.38. The van der Waals surface area contributed by atoms with E-state index in [-0.39, 0.29) is 11.1 Å². The molecule has 3 nitrogen and oxygen atoms in total. The van der Waals surface area contributed by atoms with Crippen LogP contribution in [-0.4, -0.2) is 5.91 Å². The van der Waals surface area contributed by atoms with Gasteiger partial charge in [0.2, 0.25) is 0 Å². The molecule has 0 aliphatic rings. The Bertz CT molecular complexity index is 684. The summed E-state index contributed by atoms with van der Waals surface area (Å²) in [5.74, 6) is -1.77. The van der Waals surface area contributed by atoms with E-state index in [9.17, 15) is 13.6 Å². The first-order valence-electron chi connectivity index (χ1n) is 6.01. The summed E-state index contributed by atoms with van der Waals surface area (Å²) in [4.78, 5) is 12.1. The minimum absolute atomic E-state index is 0.161. The molecule has 0 aromatic heterocycles. The number of hydrogen-bond donors (Lipinski definition) is 2. The predicted octanol–water partition coefficient (Wildman–Crippen LogP) is 3.42. The van der Waals surface area contributed by atoms with Gasteiger partial charge in [0.25, 0.3) is 5.91 Å². The van der Waals surface area contributed by atoms with Crippen molar-refractivity contribution in [1.82, 2.24) is 0 Å². The van der Waals surface area contributed by atoms with Gasteiger partial charge in [0.05, 0.1) is 5.56 Å². The van der Waals surface area contributed by atoms with E-state index in [0.29, 0.717) is 16.9 Å². The smallest absolute Gasteiger partial charge is 0.258 e. The second kappa shape index (κ2) is 5.28. The van der Waals surface area contributed by atoms with Gasteiger partial charge in [0.15, 0.2) is 0 Å². The highest BCUT2D eigenvalue weighted by Crippen LogP contribution is 2.21. The zero-order valence-corrected chi connectivity index (χ0v) is 11.1. The fourth-order valence-electron chi connectivity index (χ4n) is 1.88. The molecule has 2 rings (SSSR count). The van der Waals surface area contributed by atoms with Crippen LogP contribution in [0.25, 0.3) is 0 Å². The minimum atomic E-state index is -0.661. The number of rotatable bonds is 2. The summed E-state index contributed by atoms with van der Waals surface area (Å²) in [6.45, 7) is 3.24. The molecule has 0 unspecified atom stereocenters. The Hall–Kier alpha value is -2.43. The molecule has 0 radical (unpaired) electrons. The van der Waals surface area contributed by atoms with E-state index in [1.54, 1.807) is 6.92 Å². The zero-order valence-electron chi connectivity index (χ0n) is 11.1. The molecule has 0 heterocycles. The van der Waals surface area contributed by atoms with Crippen molar-refractivity contribution in [3.63, 3.8) is 0 Å². The van der Waals surface area contributed by atoms with Crippen molar-refractivity contribution in [3.05, 3.63) is 58.7 Å². The molecule has 0 spiro atoms. The van der Waals surface area contributed by atoms with Gasteiger partial charge in [-0.1, -0.05) is 6.07 Å². The lowest BCUT2D eigenvalue weighted by Crippen LogP contribution is -2.15. The second-order valence-electron chi connectivity index (χ2n) is 4.61. The summed E-state index contributed by atoms with van der Waals surface area (Å²) in [5, 5.41) is 2.49. The van der Waals surface area contributed by atoms with Crippen LogP contribution in [-0.2, 0) is 0 Å². The van der Waals surface area contributed by atoms with Crippen molar-refractivity contribution in [3.8, 4) is 0 Å². The molecule has 2 aromatic carbocycles. The number of nitrogens with two attached hydrogens (primary N) is 1. The largest absolute Gasteiger partial charge is 0.399 e. The van der Waals surface area contributed by atoms with E-state index in [2.05, 4.69) is 5.32 Å². The van der Waals surface area contributed by atoms with Gasteiger partial charge in [-0.3, -0.25) is 4.79 Å². The van der Waals surface area contributed by atoms with E-state index in [4.69, 9.17) is 5.73 Å². The molecule has 3 N–H and O–H groups in total. The molecule has 0 fully saturated rings. The fraction of sp³-hybridized carbons (Fsp3) is 0.133. The van der Waals surface area contributed by atoms with Crippen molar-refractivity contribution in [2.75, 3.05) is 11.1 Å². The van der Waals surface area contributed by atoms with Gasteiger partial charge in [-0.15, -0.1) is 0 Å². The predicted molar refractivity (Wildman–Crippen MR) is 74.6 cm³/mol. The quantitative estimate of drug-likeness (QED) is 0.826. The first-order chi connectivity index (χ1) is 9.38. The van der Waals surface area contributed by atoms with Crippen LogP contribution >= 0.6 is 0 Å². The van der Waals surface area contributed by atoms with Crippen LogP contribution < -0.4 is 11.1 Å². The van der Waals surface area contributed by atoms with E-state index in [0.717, 1.165) is 0 Å². The first kappa shape index (κ1) is 14.0. The molecule has 0 atom stereocenters. The molecule has 0 aliphatic carbocycles. The normalized spacial score (nSPS) is 10.4. The Morgan fingerprint density at radius 1 is 1.10 bits per heavy atom. The van der Waals surface area contributed by atoms with Crippen LogP contribution in [0.15, 0.2) is 30.3 Å². The molecule has 0 bridgehead atoms. The summed E-state index contributed by atoms with van der Waals surface area (Å²) in [7, 11) is 0. The van der Waals surface area contributed by atoms with Gasteiger partial charge in [-0.25, -0.2) is 8.78 Å². The Kier molecular flexibility index (Phi) is 3.70. The van der Waals surface area contributed by atoms with Crippen LogP contribution in [0.5, 0.6) is 0 Å². The molecule has 20 heavy (non-hydrogen) atoms. The summed E-state index contributed by atoms with van der Waals surface area (Å²) in [6.07, 6.45) is 0. The van der Waals surface area contributed by atoms with Gasteiger partial charge < -0.3 is 11.1 Å². The third-order valence-electron chi connectivity index (χ3n) is 2.97. The number of carbonyl (C=O) groups excluding carboxylic acids is 1. The maximum absolute atomic E-state index is 13.9. The number of hydrogen-bond acceptors (Lipinski definition) is 2. The zero-order chi connectivity index (χ0) is 14.9. The van der Waals surface area contributed by atoms with Gasteiger partial charge >= 0.3 is 0 Å². The highest BCUT2D eigenvalue weighted by molar-refractivity contribution is 6.05. The molecule has 0 saturated heterocycles. The lowest BCUT2D eigenvalue weighted by Gasteiger charge is -2.10. The highest BCUT2D eigenvalue weighted by Gasteiger charge is 2.15. The summed E-state index contributed by atoms with van der Waals surface area (Å²) < 4.78 is 27.1. The van der Waals surface area contributed by atoms with Crippen LogP contribution in [0.1, 0.15) is 21.5 Å². The van der Waals surface area contributed by atoms with Crippen LogP contribution in [0, 0.1) is 25.5 Å². The molecule has 5 heteroatoms. The average molecular weight is 276 g/mol. The maximum Gasteiger partial charge on any atom is 0.258 e. The van der Waals surface area contributed by atoms with Gasteiger partial charge in [0.1, 0.15) is 11.6 Å². The van der Waals surface area contributed by atoms with E-state index < -0.39 is 17.5 Å². The third-order valence-corrected chi connectivity index (χ3v) is 2.97. The number of halogens is 2. The monoisotopic (exact) mass is 276 g/mol. The summed E-state index contributed by atoms with van der Waals surface area (Å²) in [6, 6.07) is 6.71. The van der Waals surface area contributed by atoms with Gasteiger partial charge in [0, 0.05) is 11.4 Å². The number of nitrogens with one attached hydrogen (secondary N) is 1. The highest BCUT2D eigenvalue weighted by atomic mass is 19.1. The Morgan fingerprint density at radius 2 is 1.80 bits per heavy atom. The molecular weight excluding hydrogens is 262 g/mol. The maximum atomic E-state index is 13.9. The topological polar surface area (TPSA) is 55.1 Å². The summed E-state index contributed by atoms with van der Waals surface area (Å²) in [5.41, 5.74) is 7.01. The fourth-order valence-corrected chi connectivity index (χ4v) is 1.88. The van der Waals surface area contributed by atoms with Crippen LogP contribution in [0.3, 0.4) is 0 Å². The number of anilines is 2. The standard InChI is InChI=1S/C15H14F2N2O/c1-8-3-4-10(16)6-13(8)19-15(20)12-7-11(18)5-9(2)14(12)17/h3-7H,18H2,1-2H3,(H,19,20). The Morgan fingerprint density at radius 3 is 2.50 bits per heavy atom. The van der Waals surface area contributed by atoms with Crippen molar-refractivity contribution >= 4 is 17.3 Å². The van der Waals surface area contributed by atoms with E-state index in [1.165, 1.54) is 37.3 Å². The lowest BCUT2D eigenvalue weighted by atomic mass is 10.1. The lowest BCUT2D eigenvalue weighted by molar-refractivity contribution is 0.102. The number of carbonyl (C=O) groups is 1. The number of nitrogen functional groups attached to an aromatic ring is 1. The van der Waals surface area contributed by atoms with Gasteiger partial charge in [-0.05, 0) is 49.2 Å². The molecule has 0 aliphatic heterocycles. The first-order valence-corrected chi connectivity index (χ1v) is 6.01. The Labute approximate surface area is 115 Å². The minimum Gasteiger partial charge on any atom is -0.399 e. The van der Waals surface area contributed by atoms with Gasteiger partial charge in [-0.2, -0.15) is 0 Å². The second-order valence-corrected chi connectivity index (χ2v) is 4.61.